The fourth-order valence-corrected chi connectivity index (χ4v) is 5.77. The normalized spacial score (nSPS) is 19.4. The van der Waals surface area contributed by atoms with Crippen LogP contribution in [0.4, 0.5) is 0 Å². The fraction of sp³-hybridized carbons (Fsp3) is 1.00. The molecule has 2 unspecified atom stereocenters. The lowest BCUT2D eigenvalue weighted by Crippen LogP contribution is -2.15. The number of unbranched alkanes of at least 4 members (excludes halogenated alkanes) is 18. The summed E-state index contributed by atoms with van der Waals surface area (Å²) in [6, 6.07) is 0. The molecule has 1 fully saturated rings. The summed E-state index contributed by atoms with van der Waals surface area (Å²) in [6.07, 6.45) is 38.9. The van der Waals surface area contributed by atoms with Crippen molar-refractivity contribution in [3.8, 4) is 0 Å². The van der Waals surface area contributed by atoms with E-state index in [0.717, 1.165) is 11.8 Å². The van der Waals surface area contributed by atoms with E-state index < -0.39 is 0 Å². The first-order valence-corrected chi connectivity index (χ1v) is 14.9. The largest absolute Gasteiger partial charge is 0.0654 e. The van der Waals surface area contributed by atoms with Gasteiger partial charge in [0, 0.05) is 0 Å². The average Bonchev–Trinajstić information content (AvgIpc) is 2.76. The Bertz CT molecular complexity index is 320. The zero-order chi connectivity index (χ0) is 21.5. The quantitative estimate of drug-likeness (QED) is 0.153. The average molecular weight is 421 g/mol. The van der Waals surface area contributed by atoms with Crippen LogP contribution in [0.15, 0.2) is 0 Å². The van der Waals surface area contributed by atoms with Gasteiger partial charge >= 0.3 is 0 Å². The van der Waals surface area contributed by atoms with E-state index in [0.29, 0.717) is 0 Å². The molecule has 0 N–H and O–H groups in total. The summed E-state index contributed by atoms with van der Waals surface area (Å²) in [6.45, 7) is 4.62. The maximum Gasteiger partial charge on any atom is -0.0412 e. The van der Waals surface area contributed by atoms with E-state index in [1.807, 2.05) is 0 Å². The monoisotopic (exact) mass is 420 g/mol. The Balaban J connectivity index is 1.86. The molecule has 1 rings (SSSR count). The van der Waals surface area contributed by atoms with Crippen LogP contribution in [0.3, 0.4) is 0 Å². The Morgan fingerprint density at radius 2 is 0.700 bits per heavy atom. The molecule has 0 spiro atoms. The molecular formula is C30H60. The topological polar surface area (TPSA) is 0 Å². The highest BCUT2D eigenvalue weighted by Gasteiger charge is 2.21. The van der Waals surface area contributed by atoms with Crippen molar-refractivity contribution in [2.45, 2.75) is 181 Å². The second kappa shape index (κ2) is 22.2. The third-order valence-corrected chi connectivity index (χ3v) is 7.82. The van der Waals surface area contributed by atoms with Gasteiger partial charge in [0.05, 0.1) is 0 Å². The van der Waals surface area contributed by atoms with E-state index in [2.05, 4.69) is 13.8 Å². The van der Waals surface area contributed by atoms with Crippen LogP contribution in [0.1, 0.15) is 181 Å². The molecule has 0 amide bonds. The molecule has 0 heterocycles. The highest BCUT2D eigenvalue weighted by molar-refractivity contribution is 4.73. The Kier molecular flexibility index (Phi) is 20.7. The summed E-state index contributed by atoms with van der Waals surface area (Å²) in [5.41, 5.74) is 0. The Hall–Kier alpha value is 0. The van der Waals surface area contributed by atoms with Crippen LogP contribution in [0.5, 0.6) is 0 Å². The molecule has 30 heavy (non-hydrogen) atoms. The van der Waals surface area contributed by atoms with Gasteiger partial charge in [-0.05, 0) is 18.3 Å². The molecular weight excluding hydrogens is 360 g/mol. The number of rotatable bonds is 22. The van der Waals surface area contributed by atoms with Crippen LogP contribution in [-0.4, -0.2) is 0 Å². The number of hydrogen-bond donors (Lipinski definition) is 0. The van der Waals surface area contributed by atoms with Crippen molar-refractivity contribution in [1.29, 1.82) is 0 Å². The van der Waals surface area contributed by atoms with Gasteiger partial charge in [0.15, 0.2) is 0 Å². The van der Waals surface area contributed by atoms with Crippen molar-refractivity contribution in [2.24, 2.45) is 11.8 Å². The lowest BCUT2D eigenvalue weighted by molar-refractivity contribution is 0.235. The zero-order valence-corrected chi connectivity index (χ0v) is 21.5. The highest BCUT2D eigenvalue weighted by Crippen LogP contribution is 2.35. The molecule has 2 atom stereocenters. The minimum absolute atomic E-state index is 1.08. The van der Waals surface area contributed by atoms with Crippen LogP contribution < -0.4 is 0 Å². The summed E-state index contributed by atoms with van der Waals surface area (Å²) in [5.74, 6) is 2.17. The van der Waals surface area contributed by atoms with E-state index in [9.17, 15) is 0 Å². The zero-order valence-electron chi connectivity index (χ0n) is 21.5. The lowest BCUT2D eigenvalue weighted by Gasteiger charge is -2.29. The van der Waals surface area contributed by atoms with E-state index in [1.165, 1.54) is 135 Å². The summed E-state index contributed by atoms with van der Waals surface area (Å²) in [5, 5.41) is 0. The molecule has 0 aromatic carbocycles. The van der Waals surface area contributed by atoms with Crippen LogP contribution >= 0.6 is 0 Å². The van der Waals surface area contributed by atoms with Crippen LogP contribution in [-0.2, 0) is 0 Å². The fourth-order valence-electron chi connectivity index (χ4n) is 5.77. The van der Waals surface area contributed by atoms with E-state index in [-0.39, 0.29) is 0 Å². The van der Waals surface area contributed by atoms with Crippen LogP contribution in [0.25, 0.3) is 0 Å². The second-order valence-electron chi connectivity index (χ2n) is 10.8. The van der Waals surface area contributed by atoms with Gasteiger partial charge in [-0.15, -0.1) is 0 Å². The first-order valence-electron chi connectivity index (χ1n) is 14.9. The molecule has 0 heteroatoms. The maximum atomic E-state index is 2.31. The van der Waals surface area contributed by atoms with E-state index >= 15 is 0 Å². The first kappa shape index (κ1) is 28.0. The molecule has 0 bridgehead atoms. The van der Waals surface area contributed by atoms with Gasteiger partial charge in [0.1, 0.15) is 0 Å². The molecule has 1 aliphatic carbocycles. The molecule has 0 nitrogen and oxygen atoms in total. The SMILES string of the molecule is CCCCCCCCCCCCCC1CCCC(CCCCCCCCCCC)C1. The van der Waals surface area contributed by atoms with E-state index in [1.54, 1.807) is 32.1 Å². The second-order valence-corrected chi connectivity index (χ2v) is 10.8. The predicted molar refractivity (Wildman–Crippen MR) is 138 cm³/mol. The van der Waals surface area contributed by atoms with Gasteiger partial charge in [-0.1, -0.05) is 174 Å². The Morgan fingerprint density at radius 3 is 1.03 bits per heavy atom. The molecule has 180 valence electrons. The van der Waals surface area contributed by atoms with E-state index in [4.69, 9.17) is 0 Å². The van der Waals surface area contributed by atoms with Crippen LogP contribution in [0, 0.1) is 11.8 Å². The van der Waals surface area contributed by atoms with Crippen molar-refractivity contribution in [1.82, 2.24) is 0 Å². The van der Waals surface area contributed by atoms with Gasteiger partial charge in [-0.2, -0.15) is 0 Å². The lowest BCUT2D eigenvalue weighted by atomic mass is 9.77. The molecule has 0 radical (unpaired) electrons. The van der Waals surface area contributed by atoms with Gasteiger partial charge in [0.2, 0.25) is 0 Å². The van der Waals surface area contributed by atoms with Crippen LogP contribution in [0.2, 0.25) is 0 Å². The van der Waals surface area contributed by atoms with Gasteiger partial charge < -0.3 is 0 Å². The minimum atomic E-state index is 1.08. The van der Waals surface area contributed by atoms with Crippen molar-refractivity contribution in [3.63, 3.8) is 0 Å². The predicted octanol–water partition coefficient (Wildman–Crippen LogP) is 11.4. The standard InChI is InChI=1S/C30H60/c1-3-5-7-9-11-13-14-16-18-20-22-25-30-27-23-26-29(28-30)24-21-19-17-15-12-10-8-6-4-2/h29-30H,3-28H2,1-2H3. The van der Waals surface area contributed by atoms with Gasteiger partial charge in [-0.25, -0.2) is 0 Å². The van der Waals surface area contributed by atoms with Crippen molar-refractivity contribution >= 4 is 0 Å². The first-order chi connectivity index (χ1) is 14.9. The van der Waals surface area contributed by atoms with Gasteiger partial charge in [-0.3, -0.25) is 0 Å². The molecule has 1 saturated carbocycles. The minimum Gasteiger partial charge on any atom is -0.0654 e. The van der Waals surface area contributed by atoms with Crippen molar-refractivity contribution < 1.29 is 0 Å². The Labute approximate surface area is 192 Å². The number of hydrogen-bond acceptors (Lipinski definition) is 0. The highest BCUT2D eigenvalue weighted by atomic mass is 14.3. The van der Waals surface area contributed by atoms with Crippen molar-refractivity contribution in [3.05, 3.63) is 0 Å². The smallest absolute Gasteiger partial charge is 0.0412 e. The molecule has 0 saturated heterocycles. The summed E-state index contributed by atoms with van der Waals surface area (Å²) in [7, 11) is 0. The molecule has 0 aromatic heterocycles. The van der Waals surface area contributed by atoms with Gasteiger partial charge in [0.25, 0.3) is 0 Å². The summed E-state index contributed by atoms with van der Waals surface area (Å²) >= 11 is 0. The van der Waals surface area contributed by atoms with Crippen molar-refractivity contribution in [2.75, 3.05) is 0 Å². The Morgan fingerprint density at radius 1 is 0.400 bits per heavy atom. The molecule has 0 aromatic rings. The third kappa shape index (κ3) is 17.7. The summed E-state index contributed by atoms with van der Waals surface area (Å²) < 4.78 is 0. The summed E-state index contributed by atoms with van der Waals surface area (Å²) in [4.78, 5) is 0. The maximum absolute atomic E-state index is 2.31. The third-order valence-electron chi connectivity index (χ3n) is 7.82. The molecule has 1 aliphatic rings. The molecule has 0 aliphatic heterocycles.